The molecule has 2 aromatic carbocycles. The average molecular weight is 443 g/mol. The van der Waals surface area contributed by atoms with Crippen molar-refractivity contribution in [3.63, 3.8) is 0 Å². The fraction of sp³-hybridized carbons (Fsp3) is 0.318. The van der Waals surface area contributed by atoms with Gasteiger partial charge in [-0.05, 0) is 55.3 Å². The minimum Gasteiger partial charge on any atom is -0.317 e. The molecule has 3 heterocycles. The Kier molecular flexibility index (Phi) is 4.65. The van der Waals surface area contributed by atoms with Crippen molar-refractivity contribution in [1.29, 1.82) is 0 Å². The van der Waals surface area contributed by atoms with Crippen molar-refractivity contribution in [2.24, 2.45) is 0 Å². The number of sulfone groups is 1. The second-order valence-corrected chi connectivity index (χ2v) is 10.7. The van der Waals surface area contributed by atoms with E-state index in [1.165, 1.54) is 6.26 Å². The standard InChI is InChI=1S/C22H23ClN4O2S/c1-30(28,29)21-22(10-12-24-13-11-22)17-4-2-3-5-19(17)27(21)20-14-18(25-26-20)15-6-8-16(23)9-7-15/h2-9,14,21,24H,10-13H2,1H3,(H,25,26). The molecule has 156 valence electrons. The summed E-state index contributed by atoms with van der Waals surface area (Å²) in [6.07, 6.45) is 2.88. The van der Waals surface area contributed by atoms with Crippen molar-refractivity contribution >= 4 is 32.9 Å². The second kappa shape index (κ2) is 7.11. The number of piperidine rings is 1. The number of anilines is 2. The van der Waals surface area contributed by atoms with Crippen molar-refractivity contribution in [3.05, 3.63) is 65.2 Å². The highest BCUT2D eigenvalue weighted by atomic mass is 35.5. The molecule has 0 aliphatic carbocycles. The summed E-state index contributed by atoms with van der Waals surface area (Å²) in [4.78, 5) is 1.91. The molecule has 30 heavy (non-hydrogen) atoms. The van der Waals surface area contributed by atoms with Gasteiger partial charge in [0.1, 0.15) is 5.37 Å². The zero-order chi connectivity index (χ0) is 20.9. The third-order valence-electron chi connectivity index (χ3n) is 6.27. The first kappa shape index (κ1) is 19.6. The number of hydrogen-bond donors (Lipinski definition) is 2. The van der Waals surface area contributed by atoms with Gasteiger partial charge < -0.3 is 10.2 Å². The van der Waals surface area contributed by atoms with Gasteiger partial charge in [0.2, 0.25) is 0 Å². The summed E-state index contributed by atoms with van der Waals surface area (Å²) in [7, 11) is -3.41. The highest BCUT2D eigenvalue weighted by Gasteiger charge is 2.56. The van der Waals surface area contributed by atoms with E-state index in [9.17, 15) is 8.42 Å². The molecular formula is C22H23ClN4O2S. The average Bonchev–Trinajstić information content (AvgIpc) is 3.31. The summed E-state index contributed by atoms with van der Waals surface area (Å²) in [5.41, 5.74) is 3.33. The summed E-state index contributed by atoms with van der Waals surface area (Å²) in [5.74, 6) is 0.609. The number of aromatic amines is 1. The number of hydrogen-bond acceptors (Lipinski definition) is 5. The number of benzene rings is 2. The van der Waals surface area contributed by atoms with Crippen molar-refractivity contribution in [2.75, 3.05) is 24.2 Å². The molecule has 1 aromatic heterocycles. The maximum Gasteiger partial charge on any atom is 0.169 e. The molecule has 5 rings (SSSR count). The molecular weight excluding hydrogens is 420 g/mol. The van der Waals surface area contributed by atoms with Gasteiger partial charge in [0, 0.05) is 28.4 Å². The number of nitrogens with zero attached hydrogens (tertiary/aromatic N) is 2. The van der Waals surface area contributed by atoms with Crippen LogP contribution in [0.5, 0.6) is 0 Å². The van der Waals surface area contributed by atoms with Gasteiger partial charge in [-0.3, -0.25) is 5.10 Å². The third kappa shape index (κ3) is 3.04. The predicted octanol–water partition coefficient (Wildman–Crippen LogP) is 3.87. The lowest BCUT2D eigenvalue weighted by Gasteiger charge is -2.40. The van der Waals surface area contributed by atoms with Crippen molar-refractivity contribution in [2.45, 2.75) is 23.6 Å². The van der Waals surface area contributed by atoms with Gasteiger partial charge in [0.25, 0.3) is 0 Å². The van der Waals surface area contributed by atoms with Crippen LogP contribution in [0.15, 0.2) is 54.6 Å². The molecule has 3 aromatic rings. The number of para-hydroxylation sites is 1. The van der Waals surface area contributed by atoms with E-state index in [0.29, 0.717) is 10.8 Å². The van der Waals surface area contributed by atoms with Crippen LogP contribution in [0, 0.1) is 0 Å². The molecule has 1 saturated heterocycles. The quantitative estimate of drug-likeness (QED) is 0.643. The molecule has 0 saturated carbocycles. The molecule has 2 aliphatic rings. The summed E-state index contributed by atoms with van der Waals surface area (Å²) in [6, 6.07) is 17.4. The van der Waals surface area contributed by atoms with Gasteiger partial charge in [-0.2, -0.15) is 5.10 Å². The smallest absolute Gasteiger partial charge is 0.169 e. The van der Waals surface area contributed by atoms with E-state index in [-0.39, 0.29) is 0 Å². The van der Waals surface area contributed by atoms with Gasteiger partial charge in [0.15, 0.2) is 15.7 Å². The van der Waals surface area contributed by atoms with Crippen LogP contribution in [0.3, 0.4) is 0 Å². The Hall–Kier alpha value is -2.35. The lowest BCUT2D eigenvalue weighted by molar-refractivity contribution is 0.308. The number of fused-ring (bicyclic) bond motifs is 2. The monoisotopic (exact) mass is 442 g/mol. The minimum atomic E-state index is -3.41. The number of nitrogens with one attached hydrogen (secondary N) is 2. The second-order valence-electron chi connectivity index (χ2n) is 8.12. The molecule has 1 unspecified atom stereocenters. The summed E-state index contributed by atoms with van der Waals surface area (Å²) >= 11 is 6.01. The fourth-order valence-electron chi connectivity index (χ4n) is 5.06. The summed E-state index contributed by atoms with van der Waals surface area (Å²) in [6.45, 7) is 1.59. The molecule has 2 aliphatic heterocycles. The van der Waals surface area contributed by atoms with Gasteiger partial charge >= 0.3 is 0 Å². The topological polar surface area (TPSA) is 78.1 Å². The lowest BCUT2D eigenvalue weighted by Crippen LogP contribution is -2.52. The van der Waals surface area contributed by atoms with Crippen LogP contribution >= 0.6 is 11.6 Å². The van der Waals surface area contributed by atoms with Gasteiger partial charge in [0.05, 0.1) is 5.69 Å². The van der Waals surface area contributed by atoms with Crippen LogP contribution in [-0.2, 0) is 15.3 Å². The van der Waals surface area contributed by atoms with E-state index < -0.39 is 20.6 Å². The minimum absolute atomic E-state index is 0.450. The molecule has 8 heteroatoms. The Bertz CT molecular complexity index is 1180. The normalized spacial score (nSPS) is 20.5. The van der Waals surface area contributed by atoms with E-state index in [1.54, 1.807) is 0 Å². The van der Waals surface area contributed by atoms with Crippen LogP contribution < -0.4 is 10.2 Å². The van der Waals surface area contributed by atoms with Crippen LogP contribution in [-0.4, -0.2) is 43.3 Å². The highest BCUT2D eigenvalue weighted by molar-refractivity contribution is 7.91. The Balaban J connectivity index is 1.66. The van der Waals surface area contributed by atoms with E-state index in [4.69, 9.17) is 11.6 Å². The van der Waals surface area contributed by atoms with Crippen LogP contribution in [0.25, 0.3) is 11.3 Å². The summed E-state index contributed by atoms with van der Waals surface area (Å²) in [5, 5.41) is 10.9. The first-order valence-corrected chi connectivity index (χ1v) is 12.3. The van der Waals surface area contributed by atoms with Crippen molar-refractivity contribution in [3.8, 4) is 11.3 Å². The Labute approximate surface area is 181 Å². The molecule has 0 radical (unpaired) electrons. The largest absolute Gasteiger partial charge is 0.317 e. The summed E-state index contributed by atoms with van der Waals surface area (Å²) < 4.78 is 26.3. The number of H-pyrrole nitrogens is 1. The maximum atomic E-state index is 13.2. The third-order valence-corrected chi connectivity index (χ3v) is 8.00. The first-order chi connectivity index (χ1) is 14.4. The highest BCUT2D eigenvalue weighted by Crippen LogP contribution is 2.54. The van der Waals surface area contributed by atoms with Crippen LogP contribution in [0.1, 0.15) is 18.4 Å². The first-order valence-electron chi connectivity index (χ1n) is 10.00. The maximum absolute atomic E-state index is 13.2. The SMILES string of the molecule is CS(=O)(=O)C1N(c2cc(-c3ccc(Cl)cc3)[nH]n2)c2ccccc2C12CCNCC2. The van der Waals surface area contributed by atoms with Gasteiger partial charge in [-0.1, -0.05) is 41.9 Å². The van der Waals surface area contributed by atoms with E-state index in [0.717, 1.165) is 48.4 Å². The number of aromatic nitrogens is 2. The molecule has 6 nitrogen and oxygen atoms in total. The predicted molar refractivity (Wildman–Crippen MR) is 120 cm³/mol. The number of rotatable bonds is 3. The van der Waals surface area contributed by atoms with Crippen molar-refractivity contribution < 1.29 is 8.42 Å². The van der Waals surface area contributed by atoms with E-state index in [1.807, 2.05) is 53.4 Å². The fourth-order valence-corrected chi connectivity index (χ4v) is 6.97. The van der Waals surface area contributed by atoms with Crippen LogP contribution in [0.4, 0.5) is 11.5 Å². The Morgan fingerprint density at radius 1 is 1.10 bits per heavy atom. The molecule has 1 atom stereocenters. The zero-order valence-electron chi connectivity index (χ0n) is 16.6. The van der Waals surface area contributed by atoms with E-state index >= 15 is 0 Å². The Morgan fingerprint density at radius 3 is 2.50 bits per heavy atom. The lowest BCUT2D eigenvalue weighted by atomic mass is 9.74. The van der Waals surface area contributed by atoms with Crippen LogP contribution in [0.2, 0.25) is 5.02 Å². The molecule has 1 spiro atoms. The van der Waals surface area contributed by atoms with E-state index in [2.05, 4.69) is 21.6 Å². The Morgan fingerprint density at radius 2 is 1.80 bits per heavy atom. The number of halogens is 1. The molecule has 0 bridgehead atoms. The zero-order valence-corrected chi connectivity index (χ0v) is 18.2. The van der Waals surface area contributed by atoms with Gasteiger partial charge in [-0.15, -0.1) is 0 Å². The van der Waals surface area contributed by atoms with Gasteiger partial charge in [-0.25, -0.2) is 8.42 Å². The van der Waals surface area contributed by atoms with Crippen molar-refractivity contribution in [1.82, 2.24) is 15.5 Å². The molecule has 1 fully saturated rings. The molecule has 2 N–H and O–H groups in total. The molecule has 0 amide bonds.